The number of nitrogens with one attached hydrogen (secondary N) is 2. The van der Waals surface area contributed by atoms with Crippen molar-refractivity contribution in [2.24, 2.45) is 11.3 Å². The lowest BCUT2D eigenvalue weighted by molar-refractivity contribution is -0.144. The van der Waals surface area contributed by atoms with E-state index in [2.05, 4.69) is 15.6 Å². The minimum absolute atomic E-state index is 0.0970. The summed E-state index contributed by atoms with van der Waals surface area (Å²) in [7, 11) is 0. The molecule has 1 aliphatic heterocycles. The Morgan fingerprint density at radius 3 is 2.58 bits per heavy atom. The molecule has 9 heteroatoms. The first kappa shape index (κ1) is 27.6. The maximum absolute atomic E-state index is 13.6. The summed E-state index contributed by atoms with van der Waals surface area (Å²) in [5.74, 6) is -0.399. The van der Waals surface area contributed by atoms with E-state index in [4.69, 9.17) is 0 Å². The smallest absolute Gasteiger partial charge is 0.246 e. The second-order valence-electron chi connectivity index (χ2n) is 10.8. The zero-order chi connectivity index (χ0) is 26.6. The number of aryl methyl sites for hydroxylation is 1. The van der Waals surface area contributed by atoms with Crippen molar-refractivity contribution in [1.82, 2.24) is 20.5 Å². The summed E-state index contributed by atoms with van der Waals surface area (Å²) in [5.41, 5.74) is 3.64. The van der Waals surface area contributed by atoms with E-state index >= 15 is 0 Å². The van der Waals surface area contributed by atoms with E-state index in [0.29, 0.717) is 31.4 Å². The standard InChI is InChI=1S/C27H38N4O4S/c1-7-8-22(33)30-24(27(4,5)6)26(35)31-14-16(2)11-20(31)25(34)28-13-19-10-9-18(12-21(19)32)23-17(3)29-15-36-23/h9-10,12,15-16,20,24,32H,7-8,11,13-14H2,1-6H3,(H,28,34)(H,30,33). The number of carbonyl (C=O) groups is 3. The normalized spacial score (nSPS) is 18.7. The fourth-order valence-electron chi connectivity index (χ4n) is 4.55. The molecule has 1 saturated heterocycles. The SMILES string of the molecule is CCCC(=O)NC(C(=O)N1CC(C)CC1C(=O)NCc1ccc(-c2scnc2C)cc1O)C(C)(C)C. The van der Waals surface area contributed by atoms with Crippen molar-refractivity contribution >= 4 is 29.1 Å². The van der Waals surface area contributed by atoms with Crippen molar-refractivity contribution in [3.8, 4) is 16.2 Å². The van der Waals surface area contributed by atoms with Gasteiger partial charge >= 0.3 is 0 Å². The van der Waals surface area contributed by atoms with Crippen molar-refractivity contribution < 1.29 is 19.5 Å². The van der Waals surface area contributed by atoms with Crippen LogP contribution in [-0.2, 0) is 20.9 Å². The number of hydrogen-bond donors (Lipinski definition) is 3. The third-order valence-electron chi connectivity index (χ3n) is 6.54. The number of nitrogens with zero attached hydrogens (tertiary/aromatic N) is 2. The summed E-state index contributed by atoms with van der Waals surface area (Å²) in [5, 5.41) is 16.4. The Labute approximate surface area is 217 Å². The molecule has 0 saturated carbocycles. The van der Waals surface area contributed by atoms with Gasteiger partial charge in [0.1, 0.15) is 17.8 Å². The number of likely N-dealkylation sites (tertiary alicyclic amines) is 1. The average Bonchev–Trinajstić information content (AvgIpc) is 3.41. The third kappa shape index (κ3) is 6.43. The van der Waals surface area contributed by atoms with Gasteiger partial charge in [-0.3, -0.25) is 14.4 Å². The number of rotatable bonds is 8. The van der Waals surface area contributed by atoms with Crippen LogP contribution < -0.4 is 10.6 Å². The molecule has 1 aromatic heterocycles. The first-order valence-corrected chi connectivity index (χ1v) is 13.4. The van der Waals surface area contributed by atoms with Crippen LogP contribution in [0.1, 0.15) is 65.1 Å². The Morgan fingerprint density at radius 2 is 2.00 bits per heavy atom. The predicted molar refractivity (Wildman–Crippen MR) is 141 cm³/mol. The van der Waals surface area contributed by atoms with E-state index < -0.39 is 17.5 Å². The van der Waals surface area contributed by atoms with Crippen molar-refractivity contribution in [2.45, 2.75) is 79.4 Å². The summed E-state index contributed by atoms with van der Waals surface area (Å²) in [4.78, 5) is 46.0. The van der Waals surface area contributed by atoms with Gasteiger partial charge in [-0.05, 0) is 42.7 Å². The Bertz CT molecular complexity index is 1110. The molecule has 196 valence electrons. The molecule has 1 aromatic carbocycles. The zero-order valence-corrected chi connectivity index (χ0v) is 22.9. The van der Waals surface area contributed by atoms with E-state index in [1.54, 1.807) is 22.5 Å². The lowest BCUT2D eigenvalue weighted by atomic mass is 9.85. The van der Waals surface area contributed by atoms with Crippen LogP contribution in [-0.4, -0.2) is 51.3 Å². The molecule has 3 amide bonds. The highest BCUT2D eigenvalue weighted by Crippen LogP contribution is 2.32. The highest BCUT2D eigenvalue weighted by atomic mass is 32.1. The molecule has 1 aliphatic rings. The minimum Gasteiger partial charge on any atom is -0.508 e. The molecule has 3 rings (SSSR count). The zero-order valence-electron chi connectivity index (χ0n) is 22.1. The predicted octanol–water partition coefficient (Wildman–Crippen LogP) is 4.01. The number of carbonyl (C=O) groups excluding carboxylic acids is 3. The quantitative estimate of drug-likeness (QED) is 0.493. The van der Waals surface area contributed by atoms with Crippen LogP contribution in [0.3, 0.4) is 0 Å². The average molecular weight is 515 g/mol. The van der Waals surface area contributed by atoms with Gasteiger partial charge < -0.3 is 20.6 Å². The van der Waals surface area contributed by atoms with Crippen LogP contribution in [0, 0.1) is 18.3 Å². The lowest BCUT2D eigenvalue weighted by Gasteiger charge is -2.35. The van der Waals surface area contributed by atoms with E-state index in [9.17, 15) is 19.5 Å². The Kier molecular flexibility index (Phi) is 8.76. The fourth-order valence-corrected chi connectivity index (χ4v) is 5.35. The minimum atomic E-state index is -0.719. The Morgan fingerprint density at radius 1 is 1.28 bits per heavy atom. The van der Waals surface area contributed by atoms with E-state index in [0.717, 1.165) is 16.1 Å². The Hall–Kier alpha value is -2.94. The first-order valence-electron chi connectivity index (χ1n) is 12.5. The number of phenolic OH excluding ortho intramolecular Hbond substituents is 1. The molecule has 1 fully saturated rings. The van der Waals surface area contributed by atoms with Gasteiger partial charge in [0.15, 0.2) is 0 Å². The van der Waals surface area contributed by atoms with Gasteiger partial charge in [0.2, 0.25) is 17.7 Å². The molecular formula is C27H38N4O4S. The monoisotopic (exact) mass is 514 g/mol. The van der Waals surface area contributed by atoms with Crippen LogP contribution in [0.15, 0.2) is 23.7 Å². The third-order valence-corrected chi connectivity index (χ3v) is 7.52. The molecule has 2 heterocycles. The topological polar surface area (TPSA) is 112 Å². The van der Waals surface area contributed by atoms with Crippen molar-refractivity contribution in [3.63, 3.8) is 0 Å². The Balaban J connectivity index is 1.71. The molecule has 36 heavy (non-hydrogen) atoms. The van der Waals surface area contributed by atoms with Crippen LogP contribution in [0.4, 0.5) is 0 Å². The van der Waals surface area contributed by atoms with E-state index in [1.807, 2.05) is 47.6 Å². The summed E-state index contributed by atoms with van der Waals surface area (Å²) in [6, 6.07) is 4.04. The number of thiazole rings is 1. The number of aromatic nitrogens is 1. The summed E-state index contributed by atoms with van der Waals surface area (Å²) in [6.07, 6.45) is 1.60. The molecule has 3 N–H and O–H groups in total. The van der Waals surface area contributed by atoms with Crippen LogP contribution >= 0.6 is 11.3 Å². The first-order chi connectivity index (χ1) is 16.9. The van der Waals surface area contributed by atoms with Crippen molar-refractivity contribution in [3.05, 3.63) is 35.0 Å². The lowest BCUT2D eigenvalue weighted by Crippen LogP contribution is -2.57. The number of amides is 3. The highest BCUT2D eigenvalue weighted by molar-refractivity contribution is 7.13. The van der Waals surface area contributed by atoms with Gasteiger partial charge in [-0.1, -0.05) is 46.8 Å². The van der Waals surface area contributed by atoms with Crippen LogP contribution in [0.5, 0.6) is 5.75 Å². The fraction of sp³-hybridized carbons (Fsp3) is 0.556. The molecule has 0 bridgehead atoms. The molecular weight excluding hydrogens is 476 g/mol. The molecule has 0 aliphatic carbocycles. The molecule has 0 radical (unpaired) electrons. The largest absolute Gasteiger partial charge is 0.508 e. The second-order valence-corrected chi connectivity index (χ2v) is 11.6. The van der Waals surface area contributed by atoms with Gasteiger partial charge in [0.05, 0.1) is 16.1 Å². The summed E-state index contributed by atoms with van der Waals surface area (Å²) >= 11 is 1.51. The van der Waals surface area contributed by atoms with Gasteiger partial charge in [-0.2, -0.15) is 0 Å². The van der Waals surface area contributed by atoms with Crippen LogP contribution in [0.2, 0.25) is 0 Å². The van der Waals surface area contributed by atoms with Crippen LogP contribution in [0.25, 0.3) is 10.4 Å². The molecule has 2 aromatic rings. The molecule has 3 unspecified atom stereocenters. The van der Waals surface area contributed by atoms with Crippen molar-refractivity contribution in [1.29, 1.82) is 0 Å². The van der Waals surface area contributed by atoms with E-state index in [1.165, 1.54) is 11.3 Å². The van der Waals surface area contributed by atoms with Gasteiger partial charge in [-0.15, -0.1) is 11.3 Å². The maximum Gasteiger partial charge on any atom is 0.246 e. The maximum atomic E-state index is 13.6. The van der Waals surface area contributed by atoms with Gasteiger partial charge in [-0.25, -0.2) is 4.98 Å². The van der Waals surface area contributed by atoms with Crippen molar-refractivity contribution in [2.75, 3.05) is 6.54 Å². The number of aromatic hydroxyl groups is 1. The van der Waals surface area contributed by atoms with Gasteiger partial charge in [0, 0.05) is 25.1 Å². The summed E-state index contributed by atoms with van der Waals surface area (Å²) < 4.78 is 0. The molecule has 0 spiro atoms. The number of hydrogen-bond acceptors (Lipinski definition) is 6. The summed E-state index contributed by atoms with van der Waals surface area (Å²) in [6.45, 7) is 12.2. The number of phenols is 1. The molecule has 3 atom stereocenters. The highest BCUT2D eigenvalue weighted by Gasteiger charge is 2.43. The number of benzene rings is 1. The molecule has 8 nitrogen and oxygen atoms in total. The second kappa shape index (κ2) is 11.4. The van der Waals surface area contributed by atoms with E-state index in [-0.39, 0.29) is 35.9 Å². The van der Waals surface area contributed by atoms with Gasteiger partial charge in [0.25, 0.3) is 0 Å².